The summed E-state index contributed by atoms with van der Waals surface area (Å²) in [6, 6.07) is 11.8. The van der Waals surface area contributed by atoms with E-state index in [1.165, 1.54) is 5.56 Å². The fourth-order valence-corrected chi connectivity index (χ4v) is 2.78. The molecule has 2 aromatic rings. The Hall–Kier alpha value is -1.88. The van der Waals surface area contributed by atoms with Crippen LogP contribution < -0.4 is 10.6 Å². The van der Waals surface area contributed by atoms with Gasteiger partial charge in [0.2, 0.25) is 5.91 Å². The van der Waals surface area contributed by atoms with Crippen molar-refractivity contribution < 1.29 is 4.79 Å². The Morgan fingerprint density at radius 1 is 1.35 bits per heavy atom. The molecular weight excluding hydrogens is 318 g/mol. The van der Waals surface area contributed by atoms with Crippen LogP contribution in [0.1, 0.15) is 17.9 Å². The number of rotatable bonds is 3. The van der Waals surface area contributed by atoms with Crippen molar-refractivity contribution >= 4 is 33.3 Å². The molecule has 0 saturated heterocycles. The van der Waals surface area contributed by atoms with Crippen LogP contribution in [0.3, 0.4) is 0 Å². The van der Waals surface area contributed by atoms with Gasteiger partial charge in [-0.1, -0.05) is 18.2 Å². The third-order valence-electron chi connectivity index (χ3n) is 3.39. The number of hydrogen-bond donors (Lipinski definition) is 2. The van der Waals surface area contributed by atoms with E-state index in [0.717, 1.165) is 16.7 Å². The monoisotopic (exact) mass is 331 g/mol. The summed E-state index contributed by atoms with van der Waals surface area (Å²) in [5.41, 5.74) is 2.34. The van der Waals surface area contributed by atoms with Crippen LogP contribution in [0.15, 0.2) is 47.1 Å². The lowest BCUT2D eigenvalue weighted by atomic mass is 9.97. The highest BCUT2D eigenvalue weighted by molar-refractivity contribution is 9.10. The highest BCUT2D eigenvalue weighted by Gasteiger charge is 2.24. The van der Waals surface area contributed by atoms with E-state index in [9.17, 15) is 4.79 Å². The number of nitrogens with one attached hydrogen (secondary N) is 2. The van der Waals surface area contributed by atoms with Crippen molar-refractivity contribution in [1.29, 1.82) is 0 Å². The smallest absolute Gasteiger partial charge is 0.226 e. The summed E-state index contributed by atoms with van der Waals surface area (Å²) < 4.78 is 0.790. The summed E-state index contributed by atoms with van der Waals surface area (Å²) in [4.78, 5) is 16.3. The molecule has 1 atom stereocenters. The van der Waals surface area contributed by atoms with E-state index in [1.807, 2.05) is 30.3 Å². The van der Waals surface area contributed by atoms with Crippen LogP contribution >= 0.6 is 15.9 Å². The molecule has 2 N–H and O–H groups in total. The zero-order valence-electron chi connectivity index (χ0n) is 10.8. The molecule has 1 aromatic carbocycles. The van der Waals surface area contributed by atoms with Gasteiger partial charge < -0.3 is 10.6 Å². The maximum Gasteiger partial charge on any atom is 0.226 e. The average molecular weight is 332 g/mol. The molecule has 1 aliphatic heterocycles. The largest absolute Gasteiger partial charge is 0.384 e. The maximum atomic E-state index is 12.1. The standard InChI is InChI=1S/C15H14BrN3O/c16-12-5-3-7-17-15(12)19-14(20)8-10-9-18-13-6-2-1-4-11(10)13/h1-7,10,18H,8-9H2,(H,17,19,20). The summed E-state index contributed by atoms with van der Waals surface area (Å²) in [5.74, 6) is 0.762. The number of nitrogens with zero attached hydrogens (tertiary/aromatic N) is 1. The SMILES string of the molecule is O=C(CC1CNc2ccccc21)Nc1ncccc1Br. The zero-order valence-corrected chi connectivity index (χ0v) is 12.4. The van der Waals surface area contributed by atoms with E-state index >= 15 is 0 Å². The van der Waals surface area contributed by atoms with Crippen molar-refractivity contribution in [3.63, 3.8) is 0 Å². The molecule has 0 aliphatic carbocycles. The lowest BCUT2D eigenvalue weighted by Crippen LogP contribution is -2.17. The summed E-state index contributed by atoms with van der Waals surface area (Å²) >= 11 is 3.37. The minimum absolute atomic E-state index is 0.0205. The van der Waals surface area contributed by atoms with E-state index in [2.05, 4.69) is 37.6 Å². The summed E-state index contributed by atoms with van der Waals surface area (Å²) in [5, 5.41) is 6.17. The maximum absolute atomic E-state index is 12.1. The molecule has 5 heteroatoms. The number of carbonyl (C=O) groups excluding carboxylic acids is 1. The topological polar surface area (TPSA) is 54.0 Å². The Bertz CT molecular complexity index is 645. The van der Waals surface area contributed by atoms with Gasteiger partial charge in [-0.25, -0.2) is 4.98 Å². The quantitative estimate of drug-likeness (QED) is 0.906. The van der Waals surface area contributed by atoms with Gasteiger partial charge in [-0.15, -0.1) is 0 Å². The fourth-order valence-electron chi connectivity index (χ4n) is 2.42. The summed E-state index contributed by atoms with van der Waals surface area (Å²) in [6.07, 6.45) is 2.11. The van der Waals surface area contributed by atoms with Gasteiger partial charge >= 0.3 is 0 Å². The molecule has 1 aliphatic rings. The third-order valence-corrected chi connectivity index (χ3v) is 4.03. The first kappa shape index (κ1) is 13.1. The number of aromatic nitrogens is 1. The van der Waals surface area contributed by atoms with E-state index < -0.39 is 0 Å². The molecule has 1 unspecified atom stereocenters. The molecule has 0 spiro atoms. The normalized spacial score (nSPS) is 16.4. The highest BCUT2D eigenvalue weighted by atomic mass is 79.9. The van der Waals surface area contributed by atoms with Gasteiger partial charge in [0, 0.05) is 30.8 Å². The molecule has 2 heterocycles. The molecule has 0 radical (unpaired) electrons. The highest BCUT2D eigenvalue weighted by Crippen LogP contribution is 2.33. The number of pyridine rings is 1. The molecule has 0 fully saturated rings. The van der Waals surface area contributed by atoms with Crippen LogP contribution in [0, 0.1) is 0 Å². The lowest BCUT2D eigenvalue weighted by Gasteiger charge is -2.11. The van der Waals surface area contributed by atoms with E-state index in [4.69, 9.17) is 0 Å². The average Bonchev–Trinajstić information content (AvgIpc) is 2.85. The van der Waals surface area contributed by atoms with E-state index in [-0.39, 0.29) is 11.8 Å². The Kier molecular flexibility index (Phi) is 3.69. The van der Waals surface area contributed by atoms with Crippen molar-refractivity contribution in [1.82, 2.24) is 4.98 Å². The van der Waals surface area contributed by atoms with E-state index in [0.29, 0.717) is 12.2 Å². The fraction of sp³-hybridized carbons (Fsp3) is 0.200. The number of anilines is 2. The number of halogens is 1. The number of amides is 1. The number of para-hydroxylation sites is 1. The van der Waals surface area contributed by atoms with Gasteiger partial charge in [-0.05, 0) is 39.7 Å². The van der Waals surface area contributed by atoms with Crippen LogP contribution in [0.25, 0.3) is 0 Å². The van der Waals surface area contributed by atoms with E-state index in [1.54, 1.807) is 6.20 Å². The van der Waals surface area contributed by atoms with Crippen LogP contribution in [0.5, 0.6) is 0 Å². The van der Waals surface area contributed by atoms with Gasteiger partial charge in [0.25, 0.3) is 0 Å². The molecule has 1 amide bonds. The Morgan fingerprint density at radius 3 is 3.05 bits per heavy atom. The first-order valence-electron chi connectivity index (χ1n) is 6.47. The Balaban J connectivity index is 1.68. The number of hydrogen-bond acceptors (Lipinski definition) is 3. The Labute approximate surface area is 125 Å². The Morgan fingerprint density at radius 2 is 2.20 bits per heavy atom. The molecule has 102 valence electrons. The van der Waals surface area contributed by atoms with Crippen LogP contribution in [0.2, 0.25) is 0 Å². The first-order chi connectivity index (χ1) is 9.74. The molecule has 3 rings (SSSR count). The molecule has 0 saturated carbocycles. The second-order valence-electron chi connectivity index (χ2n) is 4.75. The minimum Gasteiger partial charge on any atom is -0.384 e. The van der Waals surface area contributed by atoms with Crippen molar-refractivity contribution in [2.24, 2.45) is 0 Å². The molecule has 4 nitrogen and oxygen atoms in total. The number of fused-ring (bicyclic) bond motifs is 1. The van der Waals surface area contributed by atoms with Gasteiger partial charge in [0.15, 0.2) is 0 Å². The second kappa shape index (κ2) is 5.63. The summed E-state index contributed by atoms with van der Waals surface area (Å²) in [7, 11) is 0. The summed E-state index contributed by atoms with van der Waals surface area (Å²) in [6.45, 7) is 0.802. The molecule has 20 heavy (non-hydrogen) atoms. The molecule has 0 bridgehead atoms. The van der Waals surface area contributed by atoms with Crippen LogP contribution in [-0.4, -0.2) is 17.4 Å². The molecule has 1 aromatic heterocycles. The van der Waals surface area contributed by atoms with Crippen molar-refractivity contribution in [3.8, 4) is 0 Å². The lowest BCUT2D eigenvalue weighted by molar-refractivity contribution is -0.116. The van der Waals surface area contributed by atoms with Crippen LogP contribution in [0.4, 0.5) is 11.5 Å². The van der Waals surface area contributed by atoms with Crippen molar-refractivity contribution in [2.45, 2.75) is 12.3 Å². The van der Waals surface area contributed by atoms with Crippen molar-refractivity contribution in [3.05, 3.63) is 52.6 Å². The number of carbonyl (C=O) groups is 1. The van der Waals surface area contributed by atoms with Gasteiger partial charge in [0.1, 0.15) is 5.82 Å². The predicted molar refractivity (Wildman–Crippen MR) is 82.9 cm³/mol. The third kappa shape index (κ3) is 2.67. The minimum atomic E-state index is -0.0205. The van der Waals surface area contributed by atoms with Gasteiger partial charge in [0.05, 0.1) is 4.47 Å². The van der Waals surface area contributed by atoms with Crippen molar-refractivity contribution in [2.75, 3.05) is 17.2 Å². The number of benzene rings is 1. The van der Waals surface area contributed by atoms with Gasteiger partial charge in [-0.2, -0.15) is 0 Å². The van der Waals surface area contributed by atoms with Gasteiger partial charge in [-0.3, -0.25) is 4.79 Å². The first-order valence-corrected chi connectivity index (χ1v) is 7.26. The predicted octanol–water partition coefficient (Wildman–Crippen LogP) is 3.38. The van der Waals surface area contributed by atoms with Crippen LogP contribution in [-0.2, 0) is 4.79 Å². The zero-order chi connectivity index (χ0) is 13.9. The molecular formula is C15H14BrN3O. The second-order valence-corrected chi connectivity index (χ2v) is 5.61.